The van der Waals surface area contributed by atoms with Gasteiger partial charge in [-0.2, -0.15) is 5.10 Å². The lowest BCUT2D eigenvalue weighted by molar-refractivity contribution is -0.274. The lowest BCUT2D eigenvalue weighted by atomic mass is 10.1. The van der Waals surface area contributed by atoms with E-state index in [1.54, 1.807) is 13.2 Å². The highest BCUT2D eigenvalue weighted by Gasteiger charge is 2.31. The number of pyridine rings is 1. The highest BCUT2D eigenvalue weighted by Crippen LogP contribution is 2.25. The minimum absolute atomic E-state index is 0.207. The molecule has 0 aliphatic heterocycles. The van der Waals surface area contributed by atoms with Crippen molar-refractivity contribution in [3.05, 3.63) is 64.8 Å². The average molecular weight is 379 g/mol. The molecule has 10 heteroatoms. The van der Waals surface area contributed by atoms with Crippen molar-refractivity contribution in [1.29, 1.82) is 0 Å². The monoisotopic (exact) mass is 379 g/mol. The predicted octanol–water partition coefficient (Wildman–Crippen LogP) is 2.83. The highest BCUT2D eigenvalue weighted by molar-refractivity contribution is 5.95. The number of aromatic carboxylic acids is 1. The molecule has 140 valence electrons. The molecule has 0 unspecified atom stereocenters. The predicted molar refractivity (Wildman–Crippen MR) is 87.9 cm³/mol. The van der Waals surface area contributed by atoms with Crippen molar-refractivity contribution in [2.75, 3.05) is 0 Å². The Kier molecular flexibility index (Phi) is 4.48. The lowest BCUT2D eigenvalue weighted by Gasteiger charge is -2.12. The van der Waals surface area contributed by atoms with Crippen LogP contribution in [0.4, 0.5) is 13.2 Å². The number of alkyl halides is 3. The normalized spacial score (nSPS) is 11.4. The number of carbonyl (C=O) groups is 1. The molecule has 27 heavy (non-hydrogen) atoms. The number of nitrogens with zero attached hydrogens (tertiary/aromatic N) is 3. The molecule has 0 radical (unpaired) electrons. The van der Waals surface area contributed by atoms with Crippen LogP contribution in [0.3, 0.4) is 0 Å². The molecular weight excluding hydrogens is 367 g/mol. The van der Waals surface area contributed by atoms with Crippen molar-refractivity contribution in [2.45, 2.75) is 6.36 Å². The zero-order valence-corrected chi connectivity index (χ0v) is 13.8. The summed E-state index contributed by atoms with van der Waals surface area (Å²) in [5, 5.41) is 13.3. The van der Waals surface area contributed by atoms with Gasteiger partial charge in [-0.1, -0.05) is 0 Å². The maximum Gasteiger partial charge on any atom is 0.573 e. The van der Waals surface area contributed by atoms with Crippen molar-refractivity contribution in [3.8, 4) is 22.6 Å². The van der Waals surface area contributed by atoms with Crippen molar-refractivity contribution in [1.82, 2.24) is 14.3 Å². The molecule has 0 amide bonds. The van der Waals surface area contributed by atoms with Crippen LogP contribution in [0.1, 0.15) is 10.4 Å². The van der Waals surface area contributed by atoms with Crippen LogP contribution in [0.2, 0.25) is 0 Å². The number of hydrogen-bond acceptors (Lipinski definition) is 4. The van der Waals surface area contributed by atoms with E-state index in [4.69, 9.17) is 0 Å². The van der Waals surface area contributed by atoms with E-state index < -0.39 is 23.6 Å². The van der Waals surface area contributed by atoms with Crippen LogP contribution in [-0.4, -0.2) is 31.8 Å². The summed E-state index contributed by atoms with van der Waals surface area (Å²) in [7, 11) is 1.65. The van der Waals surface area contributed by atoms with Crippen LogP contribution < -0.4 is 10.3 Å². The summed E-state index contributed by atoms with van der Waals surface area (Å²) >= 11 is 0. The maximum atomic E-state index is 12.3. The Labute approximate surface area is 149 Å². The van der Waals surface area contributed by atoms with Crippen LogP contribution in [-0.2, 0) is 7.05 Å². The van der Waals surface area contributed by atoms with Gasteiger partial charge in [0.1, 0.15) is 5.75 Å². The first-order valence-corrected chi connectivity index (χ1v) is 7.49. The summed E-state index contributed by atoms with van der Waals surface area (Å²) in [5.41, 5.74) is 0.105. The van der Waals surface area contributed by atoms with Crippen LogP contribution in [0.5, 0.6) is 5.75 Å². The minimum Gasteiger partial charge on any atom is -0.478 e. The number of aromatic nitrogens is 3. The quantitative estimate of drug-likeness (QED) is 0.753. The molecule has 2 aromatic heterocycles. The minimum atomic E-state index is -4.82. The van der Waals surface area contributed by atoms with Crippen LogP contribution in [0, 0.1) is 0 Å². The first-order chi connectivity index (χ1) is 12.6. The molecule has 3 rings (SSSR count). The van der Waals surface area contributed by atoms with E-state index in [2.05, 4.69) is 9.84 Å². The Bertz CT molecular complexity index is 1050. The fourth-order valence-electron chi connectivity index (χ4n) is 2.51. The number of carboxylic acid groups (broad SMARTS) is 1. The molecule has 7 nitrogen and oxygen atoms in total. The molecule has 1 N–H and O–H groups in total. The molecule has 0 saturated carbocycles. The molecule has 0 atom stereocenters. The van der Waals surface area contributed by atoms with Crippen molar-refractivity contribution in [3.63, 3.8) is 0 Å². The van der Waals surface area contributed by atoms with Gasteiger partial charge < -0.3 is 9.84 Å². The number of hydrogen-bond donors (Lipinski definition) is 1. The Morgan fingerprint density at radius 3 is 2.37 bits per heavy atom. The van der Waals surface area contributed by atoms with E-state index in [0.717, 1.165) is 22.8 Å². The van der Waals surface area contributed by atoms with Crippen LogP contribution in [0.15, 0.2) is 53.7 Å². The molecule has 0 aliphatic rings. The molecule has 2 heterocycles. The average Bonchev–Trinajstić information content (AvgIpc) is 3.00. The zero-order valence-electron chi connectivity index (χ0n) is 13.8. The Morgan fingerprint density at radius 2 is 1.85 bits per heavy atom. The van der Waals surface area contributed by atoms with Crippen LogP contribution >= 0.6 is 0 Å². The van der Waals surface area contributed by atoms with Gasteiger partial charge >= 0.3 is 12.3 Å². The number of ether oxygens (including phenoxy) is 1. The van der Waals surface area contributed by atoms with Gasteiger partial charge in [0.15, 0.2) is 0 Å². The second-order valence-corrected chi connectivity index (χ2v) is 5.56. The summed E-state index contributed by atoms with van der Waals surface area (Å²) in [4.78, 5) is 23.8. The smallest absolute Gasteiger partial charge is 0.478 e. The van der Waals surface area contributed by atoms with Gasteiger partial charge in [-0.05, 0) is 24.3 Å². The van der Waals surface area contributed by atoms with E-state index >= 15 is 0 Å². The van der Waals surface area contributed by atoms with Crippen molar-refractivity contribution >= 4 is 5.97 Å². The Hall–Kier alpha value is -3.56. The third-order valence-corrected chi connectivity index (χ3v) is 3.65. The van der Waals surface area contributed by atoms with Gasteiger partial charge in [0, 0.05) is 42.3 Å². The molecule has 0 aliphatic carbocycles. The maximum absolute atomic E-state index is 12.3. The summed E-state index contributed by atoms with van der Waals surface area (Å²) < 4.78 is 43.1. The van der Waals surface area contributed by atoms with Gasteiger partial charge in [-0.3, -0.25) is 14.0 Å². The van der Waals surface area contributed by atoms with E-state index in [9.17, 15) is 27.9 Å². The number of aryl methyl sites for hydroxylation is 1. The topological polar surface area (TPSA) is 86.3 Å². The molecule has 0 spiro atoms. The summed E-state index contributed by atoms with van der Waals surface area (Å²) in [6, 6.07) is 5.59. The number of halogens is 3. The first kappa shape index (κ1) is 18.2. The number of benzene rings is 1. The van der Waals surface area contributed by atoms with Gasteiger partial charge in [0.25, 0.3) is 5.56 Å². The fourth-order valence-corrected chi connectivity index (χ4v) is 2.51. The molecule has 0 bridgehead atoms. The largest absolute Gasteiger partial charge is 0.573 e. The van der Waals surface area contributed by atoms with E-state index in [-0.39, 0.29) is 16.8 Å². The summed E-state index contributed by atoms with van der Waals surface area (Å²) in [6.07, 6.45) is -0.495. The fraction of sp³-hybridized carbons (Fsp3) is 0.118. The Balaban J connectivity index is 2.08. The highest BCUT2D eigenvalue weighted by atomic mass is 19.4. The number of carboxylic acids is 1. The van der Waals surface area contributed by atoms with Crippen molar-refractivity contribution < 1.29 is 27.8 Å². The zero-order chi connectivity index (χ0) is 19.8. The number of rotatable bonds is 4. The van der Waals surface area contributed by atoms with E-state index in [1.807, 2.05) is 0 Å². The van der Waals surface area contributed by atoms with Gasteiger partial charge in [-0.25, -0.2) is 4.79 Å². The lowest BCUT2D eigenvalue weighted by Crippen LogP contribution is -2.20. The Morgan fingerprint density at radius 1 is 1.19 bits per heavy atom. The second-order valence-electron chi connectivity index (χ2n) is 5.56. The molecule has 0 fully saturated rings. The standard InChI is InChI=1S/C17H12F3N3O4/c1-22-8-10(7-21-22)14-9-23(15(24)6-13(14)16(25)26)11-2-4-12(5-3-11)27-17(18,19)20/h2-9H,1H3,(H,25,26). The molecule has 3 aromatic rings. The molecule has 1 aromatic carbocycles. The van der Waals surface area contributed by atoms with Gasteiger partial charge in [0.05, 0.1) is 11.8 Å². The SMILES string of the molecule is Cn1cc(-c2cn(-c3ccc(OC(F)(F)F)cc3)c(=O)cc2C(=O)O)cn1. The first-order valence-electron chi connectivity index (χ1n) is 7.49. The van der Waals surface area contributed by atoms with Gasteiger partial charge in [0.2, 0.25) is 0 Å². The van der Waals surface area contributed by atoms with Gasteiger partial charge in [-0.15, -0.1) is 13.2 Å². The van der Waals surface area contributed by atoms with Crippen molar-refractivity contribution in [2.24, 2.45) is 7.05 Å². The third-order valence-electron chi connectivity index (χ3n) is 3.65. The second kappa shape index (κ2) is 6.63. The summed E-state index contributed by atoms with van der Waals surface area (Å²) in [6.45, 7) is 0. The molecule has 0 saturated heterocycles. The third kappa shape index (κ3) is 4.00. The van der Waals surface area contributed by atoms with E-state index in [0.29, 0.717) is 5.56 Å². The molecular formula is C17H12F3N3O4. The van der Waals surface area contributed by atoms with Crippen LogP contribution in [0.25, 0.3) is 16.8 Å². The summed E-state index contributed by atoms with van der Waals surface area (Å²) in [5.74, 6) is -1.72. The van der Waals surface area contributed by atoms with E-state index in [1.165, 1.54) is 29.2 Å².